The quantitative estimate of drug-likeness (QED) is 0.809. The van der Waals surface area contributed by atoms with Gasteiger partial charge in [0.1, 0.15) is 0 Å². The molecule has 0 saturated carbocycles. The number of carbonyl (C=O) groups is 1. The van der Waals surface area contributed by atoms with Crippen molar-refractivity contribution in [1.82, 2.24) is 4.90 Å². The highest BCUT2D eigenvalue weighted by Crippen LogP contribution is 2.24. The van der Waals surface area contributed by atoms with E-state index in [0.717, 1.165) is 34.8 Å². The third-order valence-electron chi connectivity index (χ3n) is 3.72. The second-order valence-corrected chi connectivity index (χ2v) is 7.69. The van der Waals surface area contributed by atoms with Gasteiger partial charge in [0.25, 0.3) is 5.91 Å². The predicted molar refractivity (Wildman–Crippen MR) is 91.3 cm³/mol. The summed E-state index contributed by atoms with van der Waals surface area (Å²) in [5.41, 5.74) is 2.52. The standard InChI is InChI=1S/C16H17BrN2OS/c1-12-3-2-4-13(11-12)18-7-9-19(10-8-18)16(20)14-5-6-15(17)21-14/h2-6,11H,7-10H2,1H3. The molecule has 110 valence electrons. The summed E-state index contributed by atoms with van der Waals surface area (Å²) < 4.78 is 1.00. The Morgan fingerprint density at radius 2 is 1.90 bits per heavy atom. The van der Waals surface area contributed by atoms with Gasteiger partial charge in [0.15, 0.2) is 0 Å². The number of aryl methyl sites for hydroxylation is 1. The number of carbonyl (C=O) groups excluding carboxylic acids is 1. The zero-order chi connectivity index (χ0) is 14.8. The number of halogens is 1. The third-order valence-corrected chi connectivity index (χ3v) is 5.33. The maximum Gasteiger partial charge on any atom is 0.264 e. The monoisotopic (exact) mass is 364 g/mol. The number of piperazine rings is 1. The molecule has 1 saturated heterocycles. The Morgan fingerprint density at radius 1 is 1.14 bits per heavy atom. The Bertz CT molecular complexity index is 647. The highest BCUT2D eigenvalue weighted by atomic mass is 79.9. The van der Waals surface area contributed by atoms with Crippen LogP contribution in [0.25, 0.3) is 0 Å². The lowest BCUT2D eigenvalue weighted by atomic mass is 10.2. The molecule has 3 nitrogen and oxygen atoms in total. The van der Waals surface area contributed by atoms with Gasteiger partial charge in [-0.15, -0.1) is 11.3 Å². The van der Waals surface area contributed by atoms with Gasteiger partial charge in [0, 0.05) is 31.9 Å². The van der Waals surface area contributed by atoms with Crippen molar-refractivity contribution < 1.29 is 4.79 Å². The molecule has 2 heterocycles. The average Bonchev–Trinajstić information content (AvgIpc) is 2.93. The molecule has 0 bridgehead atoms. The largest absolute Gasteiger partial charge is 0.368 e. The minimum atomic E-state index is 0.148. The number of nitrogens with zero attached hydrogens (tertiary/aromatic N) is 2. The first kappa shape index (κ1) is 14.6. The summed E-state index contributed by atoms with van der Waals surface area (Å²) in [6.07, 6.45) is 0. The maximum atomic E-state index is 12.4. The molecular formula is C16H17BrN2OS. The zero-order valence-corrected chi connectivity index (χ0v) is 14.3. The van der Waals surface area contributed by atoms with E-state index in [-0.39, 0.29) is 5.91 Å². The van der Waals surface area contributed by atoms with Gasteiger partial charge in [-0.05, 0) is 52.7 Å². The lowest BCUT2D eigenvalue weighted by Gasteiger charge is -2.36. The number of anilines is 1. The second-order valence-electron chi connectivity index (χ2n) is 5.22. The van der Waals surface area contributed by atoms with E-state index in [1.54, 1.807) is 0 Å². The Labute approximate surface area is 137 Å². The highest BCUT2D eigenvalue weighted by Gasteiger charge is 2.23. The Balaban J connectivity index is 1.64. The first-order chi connectivity index (χ1) is 10.1. The van der Waals surface area contributed by atoms with Crippen molar-refractivity contribution in [2.75, 3.05) is 31.1 Å². The van der Waals surface area contributed by atoms with E-state index in [4.69, 9.17) is 0 Å². The molecule has 1 fully saturated rings. The van der Waals surface area contributed by atoms with Crippen molar-refractivity contribution in [2.24, 2.45) is 0 Å². The molecule has 0 unspecified atom stereocenters. The van der Waals surface area contributed by atoms with Crippen molar-refractivity contribution in [3.63, 3.8) is 0 Å². The summed E-state index contributed by atoms with van der Waals surface area (Å²) >= 11 is 4.91. The molecule has 2 aromatic rings. The van der Waals surface area contributed by atoms with Crippen LogP contribution in [-0.4, -0.2) is 37.0 Å². The molecule has 0 spiro atoms. The van der Waals surface area contributed by atoms with E-state index in [1.807, 2.05) is 17.0 Å². The van der Waals surface area contributed by atoms with Crippen LogP contribution in [0, 0.1) is 6.92 Å². The van der Waals surface area contributed by atoms with Crippen LogP contribution in [0.5, 0.6) is 0 Å². The number of amides is 1. The van der Waals surface area contributed by atoms with Crippen LogP contribution < -0.4 is 4.90 Å². The van der Waals surface area contributed by atoms with Crippen molar-refractivity contribution in [3.05, 3.63) is 50.6 Å². The molecule has 5 heteroatoms. The SMILES string of the molecule is Cc1cccc(N2CCN(C(=O)c3ccc(Br)s3)CC2)c1. The molecule has 0 N–H and O–H groups in total. The fourth-order valence-corrected chi connectivity index (χ4v) is 3.93. The fourth-order valence-electron chi connectivity index (χ4n) is 2.58. The molecule has 1 amide bonds. The van der Waals surface area contributed by atoms with Gasteiger partial charge in [-0.1, -0.05) is 12.1 Å². The normalized spacial score (nSPS) is 15.3. The Morgan fingerprint density at radius 3 is 2.52 bits per heavy atom. The minimum Gasteiger partial charge on any atom is -0.368 e. The number of hydrogen-bond donors (Lipinski definition) is 0. The zero-order valence-electron chi connectivity index (χ0n) is 11.9. The van der Waals surface area contributed by atoms with Gasteiger partial charge >= 0.3 is 0 Å². The third kappa shape index (κ3) is 3.30. The topological polar surface area (TPSA) is 23.6 Å². The van der Waals surface area contributed by atoms with Gasteiger partial charge in [-0.25, -0.2) is 0 Å². The van der Waals surface area contributed by atoms with Crippen molar-refractivity contribution in [2.45, 2.75) is 6.92 Å². The molecule has 21 heavy (non-hydrogen) atoms. The van der Waals surface area contributed by atoms with E-state index >= 15 is 0 Å². The minimum absolute atomic E-state index is 0.148. The smallest absolute Gasteiger partial charge is 0.264 e. The van der Waals surface area contributed by atoms with E-state index in [0.29, 0.717) is 0 Å². The van der Waals surface area contributed by atoms with Crippen LogP contribution in [0.1, 0.15) is 15.2 Å². The summed E-state index contributed by atoms with van der Waals surface area (Å²) in [5.74, 6) is 0.148. The lowest BCUT2D eigenvalue weighted by Crippen LogP contribution is -2.48. The molecule has 3 rings (SSSR count). The van der Waals surface area contributed by atoms with E-state index in [2.05, 4.69) is 52.0 Å². The molecule has 1 aliphatic heterocycles. The lowest BCUT2D eigenvalue weighted by molar-refractivity contribution is 0.0751. The molecule has 1 aliphatic rings. The second kappa shape index (κ2) is 6.20. The number of benzene rings is 1. The van der Waals surface area contributed by atoms with E-state index in [9.17, 15) is 4.79 Å². The molecular weight excluding hydrogens is 348 g/mol. The van der Waals surface area contributed by atoms with E-state index < -0.39 is 0 Å². The number of thiophene rings is 1. The molecule has 1 aromatic heterocycles. The van der Waals surface area contributed by atoms with Gasteiger partial charge in [0.2, 0.25) is 0 Å². The van der Waals surface area contributed by atoms with Crippen LogP contribution in [0.4, 0.5) is 5.69 Å². The molecule has 0 aliphatic carbocycles. The fraction of sp³-hybridized carbons (Fsp3) is 0.312. The van der Waals surface area contributed by atoms with Gasteiger partial charge in [0.05, 0.1) is 8.66 Å². The van der Waals surface area contributed by atoms with Crippen LogP contribution in [0.3, 0.4) is 0 Å². The highest BCUT2D eigenvalue weighted by molar-refractivity contribution is 9.11. The summed E-state index contributed by atoms with van der Waals surface area (Å²) in [6, 6.07) is 12.4. The summed E-state index contributed by atoms with van der Waals surface area (Å²) in [5, 5.41) is 0. The summed E-state index contributed by atoms with van der Waals surface area (Å²) in [7, 11) is 0. The molecule has 1 aromatic carbocycles. The first-order valence-corrected chi connectivity index (χ1v) is 8.61. The van der Waals surface area contributed by atoms with Crippen molar-refractivity contribution >= 4 is 38.9 Å². The Hall–Kier alpha value is -1.33. The maximum absolute atomic E-state index is 12.4. The van der Waals surface area contributed by atoms with Crippen molar-refractivity contribution in [1.29, 1.82) is 0 Å². The van der Waals surface area contributed by atoms with Crippen LogP contribution >= 0.6 is 27.3 Å². The van der Waals surface area contributed by atoms with Gasteiger partial charge in [-0.3, -0.25) is 4.79 Å². The molecule has 0 atom stereocenters. The van der Waals surface area contributed by atoms with Crippen LogP contribution in [0.2, 0.25) is 0 Å². The number of hydrogen-bond acceptors (Lipinski definition) is 3. The number of rotatable bonds is 2. The van der Waals surface area contributed by atoms with E-state index in [1.165, 1.54) is 22.6 Å². The van der Waals surface area contributed by atoms with Crippen LogP contribution in [-0.2, 0) is 0 Å². The molecule has 0 radical (unpaired) electrons. The summed E-state index contributed by atoms with van der Waals surface area (Å²) in [4.78, 5) is 17.5. The Kier molecular flexibility index (Phi) is 4.31. The van der Waals surface area contributed by atoms with Gasteiger partial charge < -0.3 is 9.80 Å². The summed E-state index contributed by atoms with van der Waals surface area (Å²) in [6.45, 7) is 5.45. The average molecular weight is 365 g/mol. The predicted octanol–water partition coefficient (Wildman–Crippen LogP) is 3.78. The van der Waals surface area contributed by atoms with Crippen molar-refractivity contribution in [3.8, 4) is 0 Å². The van der Waals surface area contributed by atoms with Gasteiger partial charge in [-0.2, -0.15) is 0 Å². The first-order valence-electron chi connectivity index (χ1n) is 7.00. The van der Waals surface area contributed by atoms with Crippen LogP contribution in [0.15, 0.2) is 40.2 Å².